The number of aromatic nitrogens is 2. The first-order valence-corrected chi connectivity index (χ1v) is 6.91. The normalized spacial score (nSPS) is 10.9. The molecule has 0 amide bonds. The van der Waals surface area contributed by atoms with Gasteiger partial charge in [-0.2, -0.15) is 0 Å². The molecule has 0 unspecified atom stereocenters. The molecule has 1 heterocycles. The number of nitrogens with two attached hydrogens (primary N) is 1. The van der Waals surface area contributed by atoms with Gasteiger partial charge in [0.05, 0.1) is 0 Å². The molecule has 2 aromatic rings. The zero-order valence-electron chi connectivity index (χ0n) is 12.6. The molecule has 2 rings (SSSR count). The summed E-state index contributed by atoms with van der Waals surface area (Å²) in [5.41, 5.74) is 7.09. The summed E-state index contributed by atoms with van der Waals surface area (Å²) < 4.78 is 0. The predicted molar refractivity (Wildman–Crippen MR) is 83.3 cm³/mol. The third kappa shape index (κ3) is 3.54. The van der Waals surface area contributed by atoms with Crippen LogP contribution in [0.15, 0.2) is 24.3 Å². The summed E-state index contributed by atoms with van der Waals surface area (Å²) in [6, 6.07) is 8.25. The molecule has 0 fully saturated rings. The number of benzene rings is 1. The van der Waals surface area contributed by atoms with Crippen LogP contribution in [0.4, 0.5) is 5.82 Å². The highest BCUT2D eigenvalue weighted by Crippen LogP contribution is 2.21. The van der Waals surface area contributed by atoms with Gasteiger partial charge < -0.3 is 5.43 Å². The molecule has 106 valence electrons. The van der Waals surface area contributed by atoms with Gasteiger partial charge in [-0.15, -0.1) is 0 Å². The smallest absolute Gasteiger partial charge is 0.161 e. The Balaban J connectivity index is 2.49. The Morgan fingerprint density at radius 2 is 1.70 bits per heavy atom. The summed E-state index contributed by atoms with van der Waals surface area (Å²) in [5, 5.41) is 0. The van der Waals surface area contributed by atoms with Crippen LogP contribution < -0.4 is 11.3 Å². The van der Waals surface area contributed by atoms with Gasteiger partial charge in [0.1, 0.15) is 5.82 Å². The molecule has 0 atom stereocenters. The van der Waals surface area contributed by atoms with E-state index in [4.69, 9.17) is 5.84 Å². The predicted octanol–water partition coefficient (Wildman–Crippen LogP) is 3.24. The van der Waals surface area contributed by atoms with Gasteiger partial charge in [0.25, 0.3) is 0 Å². The molecule has 0 aliphatic rings. The minimum absolute atomic E-state index is 0.544. The summed E-state index contributed by atoms with van der Waals surface area (Å²) in [6.07, 6.45) is 0.912. The van der Waals surface area contributed by atoms with Crippen molar-refractivity contribution in [3.05, 3.63) is 41.1 Å². The lowest BCUT2D eigenvalue weighted by atomic mass is 10.1. The Labute approximate surface area is 120 Å². The van der Waals surface area contributed by atoms with Gasteiger partial charge in [-0.05, 0) is 38.3 Å². The van der Waals surface area contributed by atoms with E-state index in [2.05, 4.69) is 61.3 Å². The number of hydrogen-bond donors (Lipinski definition) is 2. The lowest BCUT2D eigenvalue weighted by molar-refractivity contribution is 0.635. The van der Waals surface area contributed by atoms with Crippen LogP contribution in [-0.4, -0.2) is 9.97 Å². The molecular formula is C16H22N4. The first-order chi connectivity index (χ1) is 9.47. The molecule has 20 heavy (non-hydrogen) atoms. The lowest BCUT2D eigenvalue weighted by Gasteiger charge is -2.10. The van der Waals surface area contributed by atoms with Gasteiger partial charge in [0.15, 0.2) is 5.82 Å². The zero-order valence-corrected chi connectivity index (χ0v) is 12.6. The molecule has 0 spiro atoms. The van der Waals surface area contributed by atoms with Gasteiger partial charge in [0.2, 0.25) is 0 Å². The number of nitrogens with one attached hydrogen (secondary N) is 1. The van der Waals surface area contributed by atoms with Crippen LogP contribution in [0.25, 0.3) is 11.4 Å². The molecule has 0 bridgehead atoms. The van der Waals surface area contributed by atoms with E-state index in [-0.39, 0.29) is 0 Å². The number of aryl methyl sites for hydroxylation is 2. The van der Waals surface area contributed by atoms with Crippen molar-refractivity contribution in [2.24, 2.45) is 11.8 Å². The Morgan fingerprint density at radius 3 is 2.25 bits per heavy atom. The maximum absolute atomic E-state index is 5.52. The monoisotopic (exact) mass is 270 g/mol. The fraction of sp³-hybridized carbons (Fsp3) is 0.375. The van der Waals surface area contributed by atoms with E-state index in [0.29, 0.717) is 11.7 Å². The van der Waals surface area contributed by atoms with Crippen molar-refractivity contribution in [1.29, 1.82) is 0 Å². The Morgan fingerprint density at radius 1 is 1.05 bits per heavy atom. The van der Waals surface area contributed by atoms with Crippen LogP contribution >= 0.6 is 0 Å². The minimum Gasteiger partial charge on any atom is -0.308 e. The van der Waals surface area contributed by atoms with E-state index in [0.717, 1.165) is 23.5 Å². The summed E-state index contributed by atoms with van der Waals surface area (Å²) in [7, 11) is 0. The quantitative estimate of drug-likeness (QED) is 0.661. The van der Waals surface area contributed by atoms with Crippen LogP contribution in [0.5, 0.6) is 0 Å². The zero-order chi connectivity index (χ0) is 14.7. The Kier molecular flexibility index (Phi) is 4.35. The topological polar surface area (TPSA) is 63.8 Å². The largest absolute Gasteiger partial charge is 0.308 e. The second-order valence-corrected chi connectivity index (χ2v) is 5.69. The number of hydrogen-bond acceptors (Lipinski definition) is 4. The summed E-state index contributed by atoms with van der Waals surface area (Å²) in [5.74, 6) is 7.44. The van der Waals surface area contributed by atoms with E-state index >= 15 is 0 Å². The molecule has 0 saturated carbocycles. The highest BCUT2D eigenvalue weighted by molar-refractivity contribution is 5.59. The Bertz CT molecular complexity index is 585. The van der Waals surface area contributed by atoms with Crippen LogP contribution in [0.3, 0.4) is 0 Å². The van der Waals surface area contributed by atoms with E-state index in [1.807, 2.05) is 6.07 Å². The van der Waals surface area contributed by atoms with Crippen LogP contribution in [-0.2, 0) is 6.42 Å². The van der Waals surface area contributed by atoms with Crippen molar-refractivity contribution >= 4 is 5.82 Å². The van der Waals surface area contributed by atoms with E-state index in [1.54, 1.807) is 0 Å². The number of anilines is 1. The van der Waals surface area contributed by atoms with Gasteiger partial charge in [0, 0.05) is 17.3 Å². The highest BCUT2D eigenvalue weighted by atomic mass is 15.3. The molecule has 4 heteroatoms. The van der Waals surface area contributed by atoms with Crippen LogP contribution in [0, 0.1) is 19.8 Å². The van der Waals surface area contributed by atoms with Gasteiger partial charge in [-0.1, -0.05) is 31.0 Å². The fourth-order valence-electron chi connectivity index (χ4n) is 2.33. The third-order valence-electron chi connectivity index (χ3n) is 3.02. The van der Waals surface area contributed by atoms with E-state index < -0.39 is 0 Å². The molecule has 0 aliphatic heterocycles. The van der Waals surface area contributed by atoms with Crippen LogP contribution in [0.1, 0.15) is 30.7 Å². The molecule has 1 aromatic heterocycles. The summed E-state index contributed by atoms with van der Waals surface area (Å²) in [6.45, 7) is 8.51. The van der Waals surface area contributed by atoms with Gasteiger partial charge in [-0.3, -0.25) is 0 Å². The average Bonchev–Trinajstić information content (AvgIpc) is 2.36. The minimum atomic E-state index is 0.544. The van der Waals surface area contributed by atoms with Crippen molar-refractivity contribution in [1.82, 2.24) is 9.97 Å². The van der Waals surface area contributed by atoms with Crippen molar-refractivity contribution < 1.29 is 0 Å². The average molecular weight is 270 g/mol. The second-order valence-electron chi connectivity index (χ2n) is 5.69. The van der Waals surface area contributed by atoms with Crippen LogP contribution in [0.2, 0.25) is 0 Å². The second kappa shape index (κ2) is 6.01. The third-order valence-corrected chi connectivity index (χ3v) is 3.02. The number of hydrazine groups is 1. The first-order valence-electron chi connectivity index (χ1n) is 6.91. The van der Waals surface area contributed by atoms with E-state index in [9.17, 15) is 0 Å². The molecule has 1 aromatic carbocycles. The molecule has 0 radical (unpaired) electrons. The van der Waals surface area contributed by atoms with E-state index in [1.165, 1.54) is 11.1 Å². The number of nitrogens with zero attached hydrogens (tertiary/aromatic N) is 2. The molecular weight excluding hydrogens is 248 g/mol. The number of nitrogen functional groups attached to an aromatic ring is 1. The molecule has 0 aliphatic carbocycles. The molecule has 3 N–H and O–H groups in total. The lowest BCUT2D eigenvalue weighted by Crippen LogP contribution is -2.11. The highest BCUT2D eigenvalue weighted by Gasteiger charge is 2.09. The van der Waals surface area contributed by atoms with Crippen molar-refractivity contribution in [3.63, 3.8) is 0 Å². The Hall–Kier alpha value is -1.94. The summed E-state index contributed by atoms with van der Waals surface area (Å²) >= 11 is 0. The number of rotatable bonds is 4. The maximum Gasteiger partial charge on any atom is 0.161 e. The van der Waals surface area contributed by atoms with Crippen molar-refractivity contribution in [2.45, 2.75) is 34.1 Å². The van der Waals surface area contributed by atoms with Gasteiger partial charge >= 0.3 is 0 Å². The molecule has 0 saturated heterocycles. The fourth-order valence-corrected chi connectivity index (χ4v) is 2.33. The maximum atomic E-state index is 5.52. The standard InChI is InChI=1S/C16H22N4/c1-10(2)5-14-9-15(20-17)19-16(18-14)13-7-11(3)6-12(4)8-13/h6-10H,5,17H2,1-4H3,(H,18,19,20). The summed E-state index contributed by atoms with van der Waals surface area (Å²) in [4.78, 5) is 9.13. The first kappa shape index (κ1) is 14.5. The van der Waals surface area contributed by atoms with Crippen molar-refractivity contribution in [2.75, 3.05) is 5.43 Å². The van der Waals surface area contributed by atoms with Gasteiger partial charge in [-0.25, -0.2) is 15.8 Å². The SMILES string of the molecule is Cc1cc(C)cc(-c2nc(CC(C)C)cc(NN)n2)c1. The molecule has 4 nitrogen and oxygen atoms in total. The van der Waals surface area contributed by atoms with Crippen molar-refractivity contribution in [3.8, 4) is 11.4 Å².